The van der Waals surface area contributed by atoms with E-state index < -0.39 is 7.60 Å². The van der Waals surface area contributed by atoms with Crippen LogP contribution in [0.2, 0.25) is 0 Å². The lowest BCUT2D eigenvalue weighted by Crippen LogP contribution is -2.19. The Hall–Kier alpha value is -0.960. The molecule has 0 aliphatic rings. The van der Waals surface area contributed by atoms with E-state index in [1.165, 1.54) is 0 Å². The van der Waals surface area contributed by atoms with Gasteiger partial charge in [0.05, 0.1) is 19.4 Å². The van der Waals surface area contributed by atoms with Crippen molar-refractivity contribution in [1.29, 1.82) is 0 Å². The number of rotatable bonds is 9. The van der Waals surface area contributed by atoms with Crippen LogP contribution in [0, 0.1) is 5.92 Å². The zero-order valence-electron chi connectivity index (χ0n) is 12.4. The number of Topliss-reactive ketones (excluding diaryl/α,β-unsaturated/α-hetero) is 1. The van der Waals surface area contributed by atoms with Gasteiger partial charge in [-0.1, -0.05) is 37.3 Å². The molecule has 0 radical (unpaired) electrons. The minimum Gasteiger partial charge on any atom is -0.309 e. The van der Waals surface area contributed by atoms with Crippen LogP contribution in [0.25, 0.3) is 0 Å². The molecule has 1 atom stereocenters. The van der Waals surface area contributed by atoms with Crippen molar-refractivity contribution >= 4 is 13.4 Å². The van der Waals surface area contributed by atoms with E-state index in [2.05, 4.69) is 0 Å². The van der Waals surface area contributed by atoms with Gasteiger partial charge in [0.15, 0.2) is 5.78 Å². The van der Waals surface area contributed by atoms with Crippen LogP contribution in [-0.4, -0.2) is 25.2 Å². The van der Waals surface area contributed by atoms with Gasteiger partial charge in [0.2, 0.25) is 0 Å². The smallest absolute Gasteiger partial charge is 0.309 e. The Morgan fingerprint density at radius 1 is 1.10 bits per heavy atom. The Morgan fingerprint density at radius 3 is 2.10 bits per heavy atom. The molecular weight excluding hydrogens is 275 g/mol. The molecule has 0 amide bonds. The van der Waals surface area contributed by atoms with E-state index in [0.717, 1.165) is 0 Å². The Labute approximate surface area is 121 Å². The average molecular weight is 298 g/mol. The molecule has 1 aromatic rings. The van der Waals surface area contributed by atoms with Gasteiger partial charge < -0.3 is 9.05 Å². The quantitative estimate of drug-likeness (QED) is 0.507. The summed E-state index contributed by atoms with van der Waals surface area (Å²) in [6.45, 7) is 6.07. The van der Waals surface area contributed by atoms with E-state index in [1.807, 2.05) is 25.1 Å². The molecule has 0 aliphatic heterocycles. The maximum Gasteiger partial charge on any atom is 0.331 e. The molecule has 1 unspecified atom stereocenters. The zero-order valence-corrected chi connectivity index (χ0v) is 13.3. The molecule has 0 aromatic heterocycles. The van der Waals surface area contributed by atoms with Gasteiger partial charge in [-0.2, -0.15) is 0 Å². The summed E-state index contributed by atoms with van der Waals surface area (Å²) >= 11 is 0. The highest BCUT2D eigenvalue weighted by molar-refractivity contribution is 7.53. The molecule has 0 heterocycles. The lowest BCUT2D eigenvalue weighted by Gasteiger charge is -2.21. The Bertz CT molecular complexity index is 448. The minimum atomic E-state index is -3.19. The molecule has 5 heteroatoms. The molecule has 4 nitrogen and oxygen atoms in total. The standard InChI is InChI=1S/C15H23O4P/c1-4-13(12-20(17,18-5-2)19-6-3)15(16)14-10-8-7-9-11-14/h7-11,13H,4-6,12H2,1-3H3. The van der Waals surface area contributed by atoms with E-state index in [1.54, 1.807) is 26.0 Å². The van der Waals surface area contributed by atoms with E-state index in [4.69, 9.17) is 9.05 Å². The van der Waals surface area contributed by atoms with Gasteiger partial charge in [-0.3, -0.25) is 9.36 Å². The first kappa shape index (κ1) is 17.1. The third-order valence-corrected chi connectivity index (χ3v) is 5.21. The molecule has 1 rings (SSSR count). The number of hydrogen-bond donors (Lipinski definition) is 0. The number of benzene rings is 1. The Morgan fingerprint density at radius 2 is 1.65 bits per heavy atom. The van der Waals surface area contributed by atoms with Crippen LogP contribution in [0.15, 0.2) is 30.3 Å². The number of carbonyl (C=O) groups excluding carboxylic acids is 1. The normalized spacial score (nSPS) is 13.2. The van der Waals surface area contributed by atoms with Crippen molar-refractivity contribution in [3.63, 3.8) is 0 Å². The second kappa shape index (κ2) is 8.35. The summed E-state index contributed by atoms with van der Waals surface area (Å²) in [7, 11) is -3.19. The van der Waals surface area contributed by atoms with Crippen molar-refractivity contribution in [3.05, 3.63) is 35.9 Å². The van der Waals surface area contributed by atoms with Crippen LogP contribution < -0.4 is 0 Å². The van der Waals surface area contributed by atoms with Gasteiger partial charge >= 0.3 is 7.60 Å². The predicted molar refractivity (Wildman–Crippen MR) is 80.3 cm³/mol. The molecule has 20 heavy (non-hydrogen) atoms. The van der Waals surface area contributed by atoms with Gasteiger partial charge in [-0.15, -0.1) is 0 Å². The summed E-state index contributed by atoms with van der Waals surface area (Å²) in [5.74, 6) is -0.353. The fourth-order valence-corrected chi connectivity index (χ4v) is 4.08. The van der Waals surface area contributed by atoms with Crippen molar-refractivity contribution in [1.82, 2.24) is 0 Å². The largest absolute Gasteiger partial charge is 0.331 e. The summed E-state index contributed by atoms with van der Waals surface area (Å²) in [6, 6.07) is 9.06. The second-order valence-electron chi connectivity index (χ2n) is 4.46. The molecule has 0 saturated carbocycles. The molecule has 0 bridgehead atoms. The highest BCUT2D eigenvalue weighted by atomic mass is 31.2. The third kappa shape index (κ3) is 4.86. The van der Waals surface area contributed by atoms with Crippen LogP contribution in [0.5, 0.6) is 0 Å². The second-order valence-corrected chi connectivity index (χ2v) is 6.57. The first-order valence-corrected chi connectivity index (χ1v) is 8.76. The highest BCUT2D eigenvalue weighted by Gasteiger charge is 2.31. The van der Waals surface area contributed by atoms with E-state index in [-0.39, 0.29) is 17.9 Å². The summed E-state index contributed by atoms with van der Waals surface area (Å²) in [5.41, 5.74) is 0.638. The zero-order chi connectivity index (χ0) is 15.0. The van der Waals surface area contributed by atoms with Crippen LogP contribution in [-0.2, 0) is 13.6 Å². The van der Waals surface area contributed by atoms with E-state index >= 15 is 0 Å². The number of ketones is 1. The molecule has 0 aliphatic carbocycles. The lowest BCUT2D eigenvalue weighted by atomic mass is 9.97. The molecular formula is C15H23O4P. The molecule has 0 saturated heterocycles. The maximum absolute atomic E-state index is 12.5. The number of carbonyl (C=O) groups is 1. The number of hydrogen-bond acceptors (Lipinski definition) is 4. The Balaban J connectivity index is 2.85. The summed E-state index contributed by atoms with van der Waals surface area (Å²) in [5, 5.41) is 0. The van der Waals surface area contributed by atoms with Gasteiger partial charge in [0.25, 0.3) is 0 Å². The van der Waals surface area contributed by atoms with Crippen LogP contribution >= 0.6 is 7.60 Å². The SMILES string of the molecule is CCOP(=O)(CC(CC)C(=O)c1ccccc1)OCC. The van der Waals surface area contributed by atoms with Crippen molar-refractivity contribution in [2.75, 3.05) is 19.4 Å². The first-order valence-electron chi connectivity index (χ1n) is 7.03. The van der Waals surface area contributed by atoms with Gasteiger partial charge in [-0.25, -0.2) is 0 Å². The average Bonchev–Trinajstić information content (AvgIpc) is 2.45. The van der Waals surface area contributed by atoms with Crippen LogP contribution in [0.3, 0.4) is 0 Å². The fourth-order valence-electron chi connectivity index (χ4n) is 2.04. The van der Waals surface area contributed by atoms with Gasteiger partial charge in [-0.05, 0) is 20.3 Å². The topological polar surface area (TPSA) is 52.6 Å². The summed E-state index contributed by atoms with van der Waals surface area (Å²) < 4.78 is 23.1. The van der Waals surface area contributed by atoms with Crippen LogP contribution in [0.4, 0.5) is 0 Å². The van der Waals surface area contributed by atoms with Crippen molar-refractivity contribution < 1.29 is 18.4 Å². The summed E-state index contributed by atoms with van der Waals surface area (Å²) in [4.78, 5) is 12.4. The fraction of sp³-hybridized carbons (Fsp3) is 0.533. The van der Waals surface area contributed by atoms with Gasteiger partial charge in [0, 0.05) is 11.5 Å². The van der Waals surface area contributed by atoms with E-state index in [9.17, 15) is 9.36 Å². The summed E-state index contributed by atoms with van der Waals surface area (Å²) in [6.07, 6.45) is 0.747. The molecule has 0 fully saturated rings. The van der Waals surface area contributed by atoms with Crippen LogP contribution in [0.1, 0.15) is 37.6 Å². The third-order valence-electron chi connectivity index (χ3n) is 3.02. The molecule has 112 valence electrons. The monoisotopic (exact) mass is 298 g/mol. The van der Waals surface area contributed by atoms with Crippen molar-refractivity contribution in [3.8, 4) is 0 Å². The molecule has 0 spiro atoms. The first-order chi connectivity index (χ1) is 9.56. The lowest BCUT2D eigenvalue weighted by molar-refractivity contribution is 0.0921. The van der Waals surface area contributed by atoms with Gasteiger partial charge in [0.1, 0.15) is 0 Å². The highest BCUT2D eigenvalue weighted by Crippen LogP contribution is 2.50. The minimum absolute atomic E-state index is 0.00673. The molecule has 1 aromatic carbocycles. The maximum atomic E-state index is 12.5. The predicted octanol–water partition coefficient (Wildman–Crippen LogP) is 4.16. The van der Waals surface area contributed by atoms with E-state index in [0.29, 0.717) is 25.2 Å². The van der Waals surface area contributed by atoms with Crippen molar-refractivity contribution in [2.24, 2.45) is 5.92 Å². The Kier molecular flexibility index (Phi) is 7.14. The molecule has 0 N–H and O–H groups in total. The van der Waals surface area contributed by atoms with Crippen molar-refractivity contribution in [2.45, 2.75) is 27.2 Å².